The monoisotopic (exact) mass is 362 g/mol. The molecule has 2 amide bonds. The van der Waals surface area contributed by atoms with Crippen molar-refractivity contribution in [1.29, 1.82) is 0 Å². The molecule has 4 N–H and O–H groups in total. The smallest absolute Gasteiger partial charge is 0.267 e. The second-order valence-electron chi connectivity index (χ2n) is 5.42. The van der Waals surface area contributed by atoms with E-state index in [1.54, 1.807) is 18.3 Å². The fourth-order valence-corrected chi connectivity index (χ4v) is 2.47. The second-order valence-corrected chi connectivity index (χ2v) is 5.42. The first-order valence-electron chi connectivity index (χ1n) is 7.37. The van der Waals surface area contributed by atoms with Gasteiger partial charge in [-0.1, -0.05) is 6.07 Å². The van der Waals surface area contributed by atoms with Gasteiger partial charge in [-0.05, 0) is 49.9 Å². The normalized spacial score (nSPS) is 14.3. The SMILES string of the molecule is Cl.Cl.NC(=O)c1ccc(CNC(=O)CCC2CCNCC2)cn1. The third-order valence-electron chi connectivity index (χ3n) is 3.81. The number of pyridine rings is 1. The Morgan fingerprint density at radius 3 is 2.52 bits per heavy atom. The number of rotatable bonds is 6. The van der Waals surface area contributed by atoms with E-state index in [0.29, 0.717) is 18.9 Å². The zero-order valence-corrected chi connectivity index (χ0v) is 14.5. The van der Waals surface area contributed by atoms with Crippen LogP contribution in [0.4, 0.5) is 0 Å². The molecule has 0 atom stereocenters. The highest BCUT2D eigenvalue weighted by Gasteiger charge is 2.14. The van der Waals surface area contributed by atoms with Crippen molar-refractivity contribution in [2.75, 3.05) is 13.1 Å². The first kappa shape index (κ1) is 21.6. The van der Waals surface area contributed by atoms with Crippen molar-refractivity contribution in [3.63, 3.8) is 0 Å². The number of amides is 2. The number of halogens is 2. The number of primary amides is 1. The van der Waals surface area contributed by atoms with E-state index in [4.69, 9.17) is 5.73 Å². The molecule has 1 saturated heterocycles. The summed E-state index contributed by atoms with van der Waals surface area (Å²) >= 11 is 0. The molecule has 0 unspecified atom stereocenters. The molecular formula is C15H24Cl2N4O2. The molecule has 1 aromatic rings. The predicted molar refractivity (Wildman–Crippen MR) is 93.9 cm³/mol. The van der Waals surface area contributed by atoms with Crippen molar-refractivity contribution in [2.45, 2.75) is 32.2 Å². The Labute approximate surface area is 148 Å². The van der Waals surface area contributed by atoms with Crippen LogP contribution in [0.15, 0.2) is 18.3 Å². The van der Waals surface area contributed by atoms with Gasteiger partial charge in [-0.15, -0.1) is 24.8 Å². The quantitative estimate of drug-likeness (QED) is 0.712. The molecule has 1 aromatic heterocycles. The molecule has 1 fully saturated rings. The minimum absolute atomic E-state index is 0. The summed E-state index contributed by atoms with van der Waals surface area (Å²) in [5.74, 6) is 0.175. The second kappa shape index (κ2) is 11.2. The van der Waals surface area contributed by atoms with Crippen LogP contribution in [0.25, 0.3) is 0 Å². The lowest BCUT2D eigenvalue weighted by Gasteiger charge is -2.22. The van der Waals surface area contributed by atoms with Crippen molar-refractivity contribution in [2.24, 2.45) is 11.7 Å². The van der Waals surface area contributed by atoms with Crippen molar-refractivity contribution in [3.8, 4) is 0 Å². The topological polar surface area (TPSA) is 97.1 Å². The summed E-state index contributed by atoms with van der Waals surface area (Å²) in [6.07, 6.45) is 5.40. The number of piperidine rings is 1. The number of carbonyl (C=O) groups excluding carboxylic acids is 2. The van der Waals surface area contributed by atoms with E-state index in [1.165, 1.54) is 0 Å². The number of nitrogens with zero attached hydrogens (tertiary/aromatic N) is 1. The molecule has 0 aliphatic carbocycles. The van der Waals surface area contributed by atoms with Crippen LogP contribution in [0.1, 0.15) is 41.7 Å². The maximum atomic E-state index is 11.8. The molecule has 1 aliphatic heterocycles. The summed E-state index contributed by atoms with van der Waals surface area (Å²) in [5, 5.41) is 6.20. The van der Waals surface area contributed by atoms with E-state index in [1.807, 2.05) is 0 Å². The summed E-state index contributed by atoms with van der Waals surface area (Å²) < 4.78 is 0. The molecule has 23 heavy (non-hydrogen) atoms. The molecular weight excluding hydrogens is 339 g/mol. The minimum atomic E-state index is -0.549. The van der Waals surface area contributed by atoms with E-state index in [-0.39, 0.29) is 36.4 Å². The molecule has 6 nitrogen and oxygen atoms in total. The van der Waals surface area contributed by atoms with Crippen LogP contribution in [-0.2, 0) is 11.3 Å². The van der Waals surface area contributed by atoms with E-state index < -0.39 is 5.91 Å². The van der Waals surface area contributed by atoms with E-state index >= 15 is 0 Å². The van der Waals surface area contributed by atoms with Crippen molar-refractivity contribution in [3.05, 3.63) is 29.6 Å². The highest BCUT2D eigenvalue weighted by molar-refractivity contribution is 5.90. The average Bonchev–Trinajstić information content (AvgIpc) is 2.52. The fraction of sp³-hybridized carbons (Fsp3) is 0.533. The van der Waals surface area contributed by atoms with Crippen molar-refractivity contribution in [1.82, 2.24) is 15.6 Å². The van der Waals surface area contributed by atoms with Gasteiger partial charge < -0.3 is 16.4 Å². The largest absolute Gasteiger partial charge is 0.364 e. The van der Waals surface area contributed by atoms with Crippen LogP contribution >= 0.6 is 24.8 Å². The van der Waals surface area contributed by atoms with Gasteiger partial charge in [-0.3, -0.25) is 14.6 Å². The van der Waals surface area contributed by atoms with Crippen LogP contribution in [0.2, 0.25) is 0 Å². The summed E-state index contributed by atoms with van der Waals surface area (Å²) in [6.45, 7) is 2.55. The van der Waals surface area contributed by atoms with Gasteiger partial charge in [0.15, 0.2) is 0 Å². The van der Waals surface area contributed by atoms with Crippen LogP contribution in [0.5, 0.6) is 0 Å². The maximum Gasteiger partial charge on any atom is 0.267 e. The molecule has 0 bridgehead atoms. The van der Waals surface area contributed by atoms with Gasteiger partial charge in [-0.25, -0.2) is 0 Å². The molecule has 8 heteroatoms. The van der Waals surface area contributed by atoms with Crippen LogP contribution in [0, 0.1) is 5.92 Å². The van der Waals surface area contributed by atoms with Crippen LogP contribution in [-0.4, -0.2) is 29.9 Å². The molecule has 0 spiro atoms. The number of hydrogen-bond acceptors (Lipinski definition) is 4. The Balaban J connectivity index is 0.00000242. The number of aromatic nitrogens is 1. The van der Waals surface area contributed by atoms with Gasteiger partial charge in [0.25, 0.3) is 5.91 Å². The lowest BCUT2D eigenvalue weighted by molar-refractivity contribution is -0.121. The van der Waals surface area contributed by atoms with Gasteiger partial charge >= 0.3 is 0 Å². The van der Waals surface area contributed by atoms with Gasteiger partial charge in [0.05, 0.1) is 0 Å². The fourth-order valence-electron chi connectivity index (χ4n) is 2.47. The Morgan fingerprint density at radius 1 is 1.26 bits per heavy atom. The third-order valence-corrected chi connectivity index (χ3v) is 3.81. The van der Waals surface area contributed by atoms with Crippen LogP contribution < -0.4 is 16.4 Å². The Hall–Kier alpha value is -1.37. The Bertz CT molecular complexity index is 491. The molecule has 0 saturated carbocycles. The third kappa shape index (κ3) is 7.63. The molecule has 1 aliphatic rings. The average molecular weight is 363 g/mol. The summed E-state index contributed by atoms with van der Waals surface area (Å²) in [4.78, 5) is 26.7. The molecule has 0 radical (unpaired) electrons. The predicted octanol–water partition coefficient (Wildman–Crippen LogP) is 1.42. The zero-order chi connectivity index (χ0) is 15.1. The van der Waals surface area contributed by atoms with Gasteiger partial charge in [0.1, 0.15) is 5.69 Å². The number of carbonyl (C=O) groups is 2. The lowest BCUT2D eigenvalue weighted by Crippen LogP contribution is -2.29. The van der Waals surface area contributed by atoms with Crippen molar-refractivity contribution >= 4 is 36.6 Å². The Morgan fingerprint density at radius 2 is 1.96 bits per heavy atom. The zero-order valence-electron chi connectivity index (χ0n) is 12.9. The summed E-state index contributed by atoms with van der Waals surface area (Å²) in [6, 6.07) is 3.32. The number of hydrogen-bond donors (Lipinski definition) is 3. The minimum Gasteiger partial charge on any atom is -0.364 e. The lowest BCUT2D eigenvalue weighted by atomic mass is 9.93. The maximum absolute atomic E-state index is 11.8. The van der Waals surface area contributed by atoms with Crippen LogP contribution in [0.3, 0.4) is 0 Å². The number of nitrogens with two attached hydrogens (primary N) is 1. The standard InChI is InChI=1S/C15H22N4O2.2ClH/c16-15(21)13-3-1-12(9-18-13)10-19-14(20)4-2-11-5-7-17-8-6-11;;/h1,3,9,11,17H,2,4-8,10H2,(H2,16,21)(H,19,20);2*1H. The number of nitrogens with one attached hydrogen (secondary N) is 2. The summed E-state index contributed by atoms with van der Waals surface area (Å²) in [5.41, 5.74) is 6.21. The van der Waals surface area contributed by atoms with E-state index in [2.05, 4.69) is 15.6 Å². The first-order valence-corrected chi connectivity index (χ1v) is 7.37. The molecule has 130 valence electrons. The summed E-state index contributed by atoms with van der Waals surface area (Å²) in [7, 11) is 0. The first-order chi connectivity index (χ1) is 10.1. The van der Waals surface area contributed by atoms with Crippen molar-refractivity contribution < 1.29 is 9.59 Å². The molecule has 2 heterocycles. The van der Waals surface area contributed by atoms with Gasteiger partial charge in [0.2, 0.25) is 5.91 Å². The van der Waals surface area contributed by atoms with E-state index in [0.717, 1.165) is 37.9 Å². The highest BCUT2D eigenvalue weighted by atomic mass is 35.5. The highest BCUT2D eigenvalue weighted by Crippen LogP contribution is 2.17. The Kier molecular flexibility index (Phi) is 10.5. The van der Waals surface area contributed by atoms with Gasteiger partial charge in [0, 0.05) is 19.2 Å². The van der Waals surface area contributed by atoms with Gasteiger partial charge in [-0.2, -0.15) is 0 Å². The van der Waals surface area contributed by atoms with E-state index in [9.17, 15) is 9.59 Å². The molecule has 0 aromatic carbocycles. The molecule has 2 rings (SSSR count).